The number of hydrogen-bond donors (Lipinski definition) is 2. The summed E-state index contributed by atoms with van der Waals surface area (Å²) in [5.74, 6) is -0.604. The van der Waals surface area contributed by atoms with E-state index in [9.17, 15) is 14.0 Å². The second-order valence-corrected chi connectivity index (χ2v) is 5.83. The van der Waals surface area contributed by atoms with Crippen molar-refractivity contribution < 1.29 is 9.18 Å². The molecule has 5 nitrogen and oxygen atoms in total. The summed E-state index contributed by atoms with van der Waals surface area (Å²) >= 11 is 0. The molecule has 0 saturated carbocycles. The summed E-state index contributed by atoms with van der Waals surface area (Å²) in [6.45, 7) is 1.98. The van der Waals surface area contributed by atoms with E-state index in [1.54, 1.807) is 36.0 Å². The Morgan fingerprint density at radius 1 is 1.16 bits per heavy atom. The van der Waals surface area contributed by atoms with Crippen LogP contribution >= 0.6 is 0 Å². The van der Waals surface area contributed by atoms with E-state index in [2.05, 4.69) is 10.9 Å². The SMILES string of the molecule is CNNC(=O)Cn1cc(-c2ccc(F)cc2)c(=O)c2ccc(C)cc21. The van der Waals surface area contributed by atoms with Crippen LogP contribution < -0.4 is 16.3 Å². The van der Waals surface area contributed by atoms with Gasteiger partial charge in [-0.05, 0) is 42.3 Å². The first kappa shape index (κ1) is 16.9. The molecular weight excluding hydrogens is 321 g/mol. The Morgan fingerprint density at radius 3 is 2.56 bits per heavy atom. The Morgan fingerprint density at radius 2 is 1.88 bits per heavy atom. The lowest BCUT2D eigenvalue weighted by Gasteiger charge is -2.14. The van der Waals surface area contributed by atoms with Crippen molar-refractivity contribution >= 4 is 16.8 Å². The van der Waals surface area contributed by atoms with Crippen LogP contribution in [0.5, 0.6) is 0 Å². The highest BCUT2D eigenvalue weighted by Crippen LogP contribution is 2.21. The number of aromatic nitrogens is 1. The van der Waals surface area contributed by atoms with Crippen LogP contribution in [0.2, 0.25) is 0 Å². The molecule has 1 amide bonds. The monoisotopic (exact) mass is 339 g/mol. The van der Waals surface area contributed by atoms with E-state index in [0.29, 0.717) is 22.0 Å². The van der Waals surface area contributed by atoms with Crippen molar-refractivity contribution in [2.24, 2.45) is 0 Å². The highest BCUT2D eigenvalue weighted by molar-refractivity contribution is 5.86. The highest BCUT2D eigenvalue weighted by Gasteiger charge is 2.13. The number of halogens is 1. The highest BCUT2D eigenvalue weighted by atomic mass is 19.1. The minimum Gasteiger partial charge on any atom is -0.337 e. The van der Waals surface area contributed by atoms with Crippen LogP contribution in [0, 0.1) is 12.7 Å². The number of nitrogens with zero attached hydrogens (tertiary/aromatic N) is 1. The van der Waals surface area contributed by atoms with E-state index < -0.39 is 0 Å². The first-order chi connectivity index (χ1) is 12.0. The van der Waals surface area contributed by atoms with Crippen molar-refractivity contribution in [3.05, 3.63) is 70.3 Å². The number of benzene rings is 2. The Labute approximate surface area is 144 Å². The molecule has 0 aliphatic heterocycles. The number of hydrazine groups is 1. The van der Waals surface area contributed by atoms with E-state index in [1.807, 2.05) is 19.1 Å². The molecule has 3 rings (SSSR count). The molecule has 25 heavy (non-hydrogen) atoms. The number of hydrogen-bond acceptors (Lipinski definition) is 3. The standard InChI is InChI=1S/C19H18FN3O2/c1-12-3-8-15-17(9-12)23(11-18(24)22-21-2)10-16(19(15)25)13-4-6-14(20)7-5-13/h3-10,21H,11H2,1-2H3,(H,22,24). The zero-order valence-corrected chi connectivity index (χ0v) is 14.0. The molecule has 0 aliphatic rings. The molecule has 1 aromatic heterocycles. The maximum absolute atomic E-state index is 13.2. The lowest BCUT2D eigenvalue weighted by Crippen LogP contribution is -2.36. The normalized spacial score (nSPS) is 10.8. The smallest absolute Gasteiger partial charge is 0.253 e. The van der Waals surface area contributed by atoms with Crippen LogP contribution in [-0.2, 0) is 11.3 Å². The maximum atomic E-state index is 13.2. The average molecular weight is 339 g/mol. The summed E-state index contributed by atoms with van der Waals surface area (Å²) < 4.78 is 14.9. The molecule has 0 fully saturated rings. The fraction of sp³-hybridized carbons (Fsp3) is 0.158. The summed E-state index contributed by atoms with van der Waals surface area (Å²) in [4.78, 5) is 24.9. The topological polar surface area (TPSA) is 63.1 Å². The van der Waals surface area contributed by atoms with Crippen molar-refractivity contribution in [3.63, 3.8) is 0 Å². The van der Waals surface area contributed by atoms with Crippen molar-refractivity contribution in [2.45, 2.75) is 13.5 Å². The van der Waals surface area contributed by atoms with Gasteiger partial charge in [-0.25, -0.2) is 9.82 Å². The minimum absolute atomic E-state index is 0.0509. The van der Waals surface area contributed by atoms with Gasteiger partial charge in [-0.3, -0.25) is 15.0 Å². The third kappa shape index (κ3) is 3.44. The van der Waals surface area contributed by atoms with Crippen LogP contribution in [0.3, 0.4) is 0 Å². The molecule has 2 aromatic carbocycles. The second-order valence-electron chi connectivity index (χ2n) is 5.83. The molecule has 0 atom stereocenters. The Hall–Kier alpha value is -2.99. The lowest BCUT2D eigenvalue weighted by molar-refractivity contribution is -0.122. The van der Waals surface area contributed by atoms with Crippen LogP contribution in [0.25, 0.3) is 22.0 Å². The Balaban J connectivity index is 2.23. The molecule has 1 heterocycles. The summed E-state index contributed by atoms with van der Waals surface area (Å²) in [6, 6.07) is 11.2. The molecule has 2 N–H and O–H groups in total. The van der Waals surface area contributed by atoms with Gasteiger partial charge in [0, 0.05) is 24.2 Å². The van der Waals surface area contributed by atoms with Crippen molar-refractivity contribution in [1.82, 2.24) is 15.4 Å². The summed E-state index contributed by atoms with van der Waals surface area (Å²) in [5.41, 5.74) is 7.67. The number of carbonyl (C=O) groups is 1. The Kier molecular flexibility index (Phi) is 4.63. The van der Waals surface area contributed by atoms with Gasteiger partial charge in [0.05, 0.1) is 5.52 Å². The van der Waals surface area contributed by atoms with Gasteiger partial charge >= 0.3 is 0 Å². The molecule has 0 saturated heterocycles. The molecule has 6 heteroatoms. The third-order valence-electron chi connectivity index (χ3n) is 3.97. The fourth-order valence-electron chi connectivity index (χ4n) is 2.80. The molecule has 3 aromatic rings. The third-order valence-corrected chi connectivity index (χ3v) is 3.97. The minimum atomic E-state index is -0.367. The van der Waals surface area contributed by atoms with Gasteiger partial charge < -0.3 is 4.57 Å². The number of amides is 1. The van der Waals surface area contributed by atoms with Crippen LogP contribution in [0.1, 0.15) is 5.56 Å². The summed E-state index contributed by atoms with van der Waals surface area (Å²) in [7, 11) is 1.61. The molecular formula is C19H18FN3O2. The van der Waals surface area contributed by atoms with Crippen LogP contribution in [0.15, 0.2) is 53.5 Å². The number of nitrogens with one attached hydrogen (secondary N) is 2. The largest absolute Gasteiger partial charge is 0.337 e. The molecule has 0 spiro atoms. The Bertz CT molecular complexity index is 994. The number of fused-ring (bicyclic) bond motifs is 1. The van der Waals surface area contributed by atoms with Gasteiger partial charge in [0.25, 0.3) is 5.91 Å². The molecule has 0 radical (unpaired) electrons. The van der Waals surface area contributed by atoms with Gasteiger partial charge in [0.1, 0.15) is 12.4 Å². The number of pyridine rings is 1. The van der Waals surface area contributed by atoms with E-state index >= 15 is 0 Å². The van der Waals surface area contributed by atoms with E-state index in [1.165, 1.54) is 12.1 Å². The van der Waals surface area contributed by atoms with Crippen LogP contribution in [-0.4, -0.2) is 17.5 Å². The van der Waals surface area contributed by atoms with Crippen molar-refractivity contribution in [1.29, 1.82) is 0 Å². The van der Waals surface area contributed by atoms with E-state index in [0.717, 1.165) is 5.56 Å². The zero-order valence-electron chi connectivity index (χ0n) is 14.0. The zero-order chi connectivity index (χ0) is 18.0. The number of carbonyl (C=O) groups excluding carboxylic acids is 1. The first-order valence-electron chi connectivity index (χ1n) is 7.85. The molecule has 128 valence electrons. The molecule has 0 aliphatic carbocycles. The van der Waals surface area contributed by atoms with Crippen molar-refractivity contribution in [3.8, 4) is 11.1 Å². The predicted molar refractivity (Wildman–Crippen MR) is 95.5 cm³/mol. The van der Waals surface area contributed by atoms with Gasteiger partial charge in [0.15, 0.2) is 5.43 Å². The maximum Gasteiger partial charge on any atom is 0.253 e. The van der Waals surface area contributed by atoms with Crippen molar-refractivity contribution in [2.75, 3.05) is 7.05 Å². The quantitative estimate of drug-likeness (QED) is 0.718. The second kappa shape index (κ2) is 6.86. The van der Waals surface area contributed by atoms with E-state index in [4.69, 9.17) is 0 Å². The number of aryl methyl sites for hydroxylation is 1. The van der Waals surface area contributed by atoms with Gasteiger partial charge in [0.2, 0.25) is 0 Å². The van der Waals surface area contributed by atoms with Crippen LogP contribution in [0.4, 0.5) is 4.39 Å². The summed E-state index contributed by atoms with van der Waals surface area (Å²) in [6.07, 6.45) is 1.65. The van der Waals surface area contributed by atoms with Gasteiger partial charge in [-0.15, -0.1) is 0 Å². The predicted octanol–water partition coefficient (Wildman–Crippen LogP) is 2.37. The molecule has 0 bridgehead atoms. The average Bonchev–Trinajstić information content (AvgIpc) is 2.58. The lowest BCUT2D eigenvalue weighted by atomic mass is 10.0. The summed E-state index contributed by atoms with van der Waals surface area (Å²) in [5, 5.41) is 0.518. The fourth-order valence-corrected chi connectivity index (χ4v) is 2.80. The van der Waals surface area contributed by atoms with Gasteiger partial charge in [-0.2, -0.15) is 0 Å². The number of rotatable bonds is 4. The van der Waals surface area contributed by atoms with E-state index in [-0.39, 0.29) is 23.7 Å². The molecule has 0 unspecified atom stereocenters. The van der Waals surface area contributed by atoms with Gasteiger partial charge in [-0.1, -0.05) is 18.2 Å². The first-order valence-corrected chi connectivity index (χ1v) is 7.85.